The van der Waals surface area contributed by atoms with Gasteiger partial charge in [0.15, 0.2) is 0 Å². The van der Waals surface area contributed by atoms with E-state index in [0.717, 1.165) is 0 Å². The van der Waals surface area contributed by atoms with Crippen molar-refractivity contribution in [3.05, 3.63) is 0 Å². The number of hydrogen-bond donors (Lipinski definition) is 0. The monoisotopic (exact) mass is 378 g/mol. The van der Waals surface area contributed by atoms with Gasteiger partial charge < -0.3 is 0 Å². The molecule has 0 amide bonds. The van der Waals surface area contributed by atoms with Crippen LogP contribution in [0.1, 0.15) is 0 Å². The lowest BCUT2D eigenvalue weighted by atomic mass is 10.7. The van der Waals surface area contributed by atoms with E-state index in [2.05, 4.69) is 23.2 Å². The van der Waals surface area contributed by atoms with Crippen molar-refractivity contribution in [2.24, 2.45) is 0 Å². The molecule has 0 fully saturated rings. The summed E-state index contributed by atoms with van der Waals surface area (Å²) < 4.78 is 58.8. The Bertz CT molecular complexity index is 127. The van der Waals surface area contributed by atoms with Crippen molar-refractivity contribution >= 4 is 55.1 Å². The highest BCUT2D eigenvalue weighted by atomic mass is 79.9. The summed E-state index contributed by atoms with van der Waals surface area (Å²) >= 11 is 11.9. The van der Waals surface area contributed by atoms with Crippen molar-refractivity contribution in [2.75, 3.05) is 0 Å². The zero-order valence-corrected chi connectivity index (χ0v) is 9.96. The van der Waals surface area contributed by atoms with Crippen LogP contribution < -0.4 is 0 Å². The maximum Gasteiger partial charge on any atom is 0.452 e. The minimum Gasteiger partial charge on any atom is -0.198 e. The SMILES string of the molecule is FC(F)(Br)Br.FC(F)(F)C(F)(Cl)Cl. The third-order valence-corrected chi connectivity index (χ3v) is 0.750. The molecule has 0 N–H and O–H groups in total. The van der Waals surface area contributed by atoms with E-state index in [1.165, 1.54) is 0 Å². The second-order valence-electron chi connectivity index (χ2n) is 1.42. The summed E-state index contributed by atoms with van der Waals surface area (Å²) in [6, 6.07) is 0. The maximum atomic E-state index is 11.3. The summed E-state index contributed by atoms with van der Waals surface area (Å²) in [5, 5.41) is 0. The van der Waals surface area contributed by atoms with E-state index in [1.54, 1.807) is 0 Å². The van der Waals surface area contributed by atoms with Crippen LogP contribution in [-0.2, 0) is 0 Å². The average molecular weight is 381 g/mol. The summed E-state index contributed by atoms with van der Waals surface area (Å²) in [5.41, 5.74) is 0. The van der Waals surface area contributed by atoms with Crippen molar-refractivity contribution in [2.45, 2.75) is 14.5 Å². The first-order valence-electron chi connectivity index (χ1n) is 2.14. The fourth-order valence-electron chi connectivity index (χ4n) is 0. The van der Waals surface area contributed by atoms with Gasteiger partial charge in [0.05, 0.1) is 0 Å². The summed E-state index contributed by atoms with van der Waals surface area (Å²) in [6.45, 7) is 0. The van der Waals surface area contributed by atoms with E-state index < -0.39 is 14.5 Å². The Morgan fingerprint density at radius 1 is 0.769 bits per heavy atom. The molecule has 0 aromatic rings. The Labute approximate surface area is 95.8 Å². The second-order valence-corrected chi connectivity index (χ2v) is 5.72. The second kappa shape index (κ2) is 5.27. The molecule has 0 spiro atoms. The van der Waals surface area contributed by atoms with Gasteiger partial charge >= 0.3 is 14.5 Å². The van der Waals surface area contributed by atoms with E-state index in [0.29, 0.717) is 0 Å². The molecule has 0 nitrogen and oxygen atoms in total. The highest BCUT2D eigenvalue weighted by molar-refractivity contribution is 9.25. The molecule has 0 unspecified atom stereocenters. The van der Waals surface area contributed by atoms with E-state index >= 15 is 0 Å². The highest BCUT2D eigenvalue weighted by Gasteiger charge is 2.53. The lowest BCUT2D eigenvalue weighted by Gasteiger charge is -2.11. The molecule has 0 bridgehead atoms. The molecule has 0 heterocycles. The zero-order valence-electron chi connectivity index (χ0n) is 5.28. The lowest BCUT2D eigenvalue weighted by molar-refractivity contribution is -0.170. The Kier molecular flexibility index (Phi) is 6.71. The Morgan fingerprint density at radius 3 is 0.846 bits per heavy atom. The van der Waals surface area contributed by atoms with Crippen molar-refractivity contribution in [1.82, 2.24) is 0 Å². The lowest BCUT2D eigenvalue weighted by Crippen LogP contribution is -2.28. The number of alkyl halides is 10. The molecule has 0 aliphatic carbocycles. The molecule has 0 saturated heterocycles. The third-order valence-electron chi connectivity index (χ3n) is 0.321. The van der Waals surface area contributed by atoms with Crippen LogP contribution in [0.2, 0.25) is 0 Å². The van der Waals surface area contributed by atoms with Crippen LogP contribution in [0, 0.1) is 0 Å². The fourth-order valence-corrected chi connectivity index (χ4v) is 0. The molecular formula is C3Br2Cl2F6. The van der Waals surface area contributed by atoms with Crippen molar-refractivity contribution in [3.8, 4) is 0 Å². The van der Waals surface area contributed by atoms with Crippen LogP contribution in [0.3, 0.4) is 0 Å². The van der Waals surface area contributed by atoms with Gasteiger partial charge in [-0.25, -0.2) is 0 Å². The quantitative estimate of drug-likeness (QED) is 0.411. The minimum atomic E-state index is -5.20. The van der Waals surface area contributed by atoms with E-state index in [1.807, 2.05) is 31.9 Å². The molecule has 0 rings (SSSR count). The molecule has 0 aromatic heterocycles. The summed E-state index contributed by atoms with van der Waals surface area (Å²) in [6.07, 6.45) is -5.20. The van der Waals surface area contributed by atoms with Crippen molar-refractivity contribution in [1.29, 1.82) is 0 Å². The summed E-state index contributed by atoms with van der Waals surface area (Å²) in [7, 11) is 0. The van der Waals surface area contributed by atoms with Crippen molar-refractivity contribution < 1.29 is 26.3 Å². The molecule has 0 aliphatic rings. The van der Waals surface area contributed by atoms with E-state index in [9.17, 15) is 26.3 Å². The molecular weight excluding hydrogens is 381 g/mol. The average Bonchev–Trinajstić information content (AvgIpc) is 1.50. The third kappa shape index (κ3) is 15.8. The topological polar surface area (TPSA) is 0 Å². The molecule has 0 atom stereocenters. The highest BCUT2D eigenvalue weighted by Crippen LogP contribution is 2.40. The van der Waals surface area contributed by atoms with Crippen LogP contribution in [0.4, 0.5) is 26.3 Å². The normalized spacial score (nSPS) is 13.4. The molecule has 0 aliphatic heterocycles. The van der Waals surface area contributed by atoms with Gasteiger partial charge in [0.2, 0.25) is 0 Å². The Balaban J connectivity index is 0. The van der Waals surface area contributed by atoms with Gasteiger partial charge in [-0.2, -0.15) is 26.3 Å². The number of halogens is 10. The predicted octanol–water partition coefficient (Wildman–Crippen LogP) is 4.98. The molecule has 0 saturated carbocycles. The van der Waals surface area contributed by atoms with Crippen LogP contribution in [0.25, 0.3) is 0 Å². The summed E-state index contributed by atoms with van der Waals surface area (Å²) in [5.74, 6) is 0. The summed E-state index contributed by atoms with van der Waals surface area (Å²) in [4.78, 5) is 0. The maximum absolute atomic E-state index is 11.3. The molecule has 13 heavy (non-hydrogen) atoms. The first kappa shape index (κ1) is 16.5. The van der Waals surface area contributed by atoms with Crippen LogP contribution in [-0.4, -0.2) is 14.5 Å². The number of rotatable bonds is 0. The smallest absolute Gasteiger partial charge is 0.198 e. The van der Waals surface area contributed by atoms with Gasteiger partial charge in [0, 0.05) is 31.9 Å². The predicted molar refractivity (Wildman–Crippen MR) is 44.4 cm³/mol. The van der Waals surface area contributed by atoms with Gasteiger partial charge in [-0.15, -0.1) is 0 Å². The van der Waals surface area contributed by atoms with Gasteiger partial charge in [0.25, 0.3) is 0 Å². The van der Waals surface area contributed by atoms with Crippen molar-refractivity contribution in [3.63, 3.8) is 0 Å². The Hall–Kier alpha value is 1.12. The van der Waals surface area contributed by atoms with E-state index in [-0.39, 0.29) is 0 Å². The zero-order chi connectivity index (χ0) is 11.5. The van der Waals surface area contributed by atoms with Gasteiger partial charge in [-0.1, -0.05) is 23.2 Å². The first-order chi connectivity index (χ1) is 5.25. The van der Waals surface area contributed by atoms with Crippen LogP contribution in [0.5, 0.6) is 0 Å². The van der Waals surface area contributed by atoms with Gasteiger partial charge in [-0.05, 0) is 0 Å². The molecule has 0 radical (unpaired) electrons. The fraction of sp³-hybridized carbons (Fsp3) is 1.00. The van der Waals surface area contributed by atoms with Gasteiger partial charge in [-0.3, -0.25) is 0 Å². The van der Waals surface area contributed by atoms with E-state index in [4.69, 9.17) is 0 Å². The van der Waals surface area contributed by atoms with Gasteiger partial charge in [0.1, 0.15) is 0 Å². The first-order valence-corrected chi connectivity index (χ1v) is 4.48. The standard InChI is InChI=1S/C2Cl2F4.CBr2F2/c3-1(4,5)2(6,7)8;2-1(3,4)5. The molecule has 0 aromatic carbocycles. The minimum absolute atomic E-state index is 1.96. The van der Waals surface area contributed by atoms with Crippen LogP contribution >= 0.6 is 55.1 Å². The molecule has 10 heteroatoms. The van der Waals surface area contributed by atoms with Crippen LogP contribution in [0.15, 0.2) is 0 Å². The Morgan fingerprint density at radius 2 is 0.846 bits per heavy atom. The molecule has 82 valence electrons. The number of hydrogen-bond acceptors (Lipinski definition) is 0. The largest absolute Gasteiger partial charge is 0.452 e.